The number of likely N-dealkylation sites (N-methyl/N-ethyl adjacent to an activating group) is 1. The first-order valence-electron chi connectivity index (χ1n) is 5.72. The highest BCUT2D eigenvalue weighted by Gasteiger charge is 2.23. The number of hydrogen-bond acceptors (Lipinski definition) is 4. The number of hydrogen-bond donors (Lipinski definition) is 1. The van der Waals surface area contributed by atoms with E-state index in [1.807, 2.05) is 0 Å². The molecular formula is C12H15BrN2O4. The van der Waals surface area contributed by atoms with Gasteiger partial charge >= 0.3 is 5.97 Å². The lowest BCUT2D eigenvalue weighted by Crippen LogP contribution is -2.37. The summed E-state index contributed by atoms with van der Waals surface area (Å²) in [5.74, 6) is -0.926. The number of carboxylic acid groups (broad SMARTS) is 1. The van der Waals surface area contributed by atoms with E-state index in [0.29, 0.717) is 16.5 Å². The highest BCUT2D eigenvalue weighted by atomic mass is 79.9. The lowest BCUT2D eigenvalue weighted by molar-refractivity contribution is -0.385. The highest BCUT2D eigenvalue weighted by Crippen LogP contribution is 2.25. The number of nitrogens with zero attached hydrogens (tertiary/aromatic N) is 2. The number of aliphatic carboxylic acids is 1. The molecule has 0 aromatic heterocycles. The van der Waals surface area contributed by atoms with Gasteiger partial charge in [-0.2, -0.15) is 0 Å². The van der Waals surface area contributed by atoms with Gasteiger partial charge in [0.1, 0.15) is 6.04 Å². The van der Waals surface area contributed by atoms with Crippen LogP contribution in [0.1, 0.15) is 18.9 Å². The average Bonchev–Trinajstić information content (AvgIpc) is 2.31. The van der Waals surface area contributed by atoms with Gasteiger partial charge in [0, 0.05) is 22.6 Å². The summed E-state index contributed by atoms with van der Waals surface area (Å²) in [6.07, 6.45) is 0.441. The zero-order valence-corrected chi connectivity index (χ0v) is 12.3. The molecule has 1 N–H and O–H groups in total. The predicted octanol–water partition coefficient (Wildman–Crippen LogP) is 2.65. The molecule has 0 bridgehead atoms. The molecule has 6 nitrogen and oxygen atoms in total. The molecule has 1 rings (SSSR count). The number of rotatable bonds is 6. The zero-order chi connectivity index (χ0) is 14.6. The molecule has 0 amide bonds. The molecule has 1 aromatic rings. The second-order valence-electron chi connectivity index (χ2n) is 4.21. The number of benzene rings is 1. The molecule has 0 spiro atoms. The molecule has 104 valence electrons. The topological polar surface area (TPSA) is 83.7 Å². The van der Waals surface area contributed by atoms with Crippen molar-refractivity contribution in [3.8, 4) is 0 Å². The Morgan fingerprint density at radius 1 is 1.58 bits per heavy atom. The summed E-state index contributed by atoms with van der Waals surface area (Å²) < 4.78 is 0.621. The highest BCUT2D eigenvalue weighted by molar-refractivity contribution is 9.10. The fraction of sp³-hybridized carbons (Fsp3) is 0.417. The number of nitro benzene ring substituents is 1. The summed E-state index contributed by atoms with van der Waals surface area (Å²) in [5, 5.41) is 20.0. The molecule has 0 aliphatic heterocycles. The van der Waals surface area contributed by atoms with Gasteiger partial charge in [0.15, 0.2) is 0 Å². The van der Waals surface area contributed by atoms with Crippen molar-refractivity contribution in [2.75, 3.05) is 7.05 Å². The monoisotopic (exact) mass is 330 g/mol. The van der Waals surface area contributed by atoms with Crippen molar-refractivity contribution in [2.45, 2.75) is 25.9 Å². The standard InChI is InChI=1S/C12H15BrN2O4/c1-3-10(12(16)17)14(2)7-8-4-5-9(13)6-11(8)15(18)19/h4-6,10H,3,7H2,1-2H3,(H,16,17). The molecule has 0 fully saturated rings. The molecule has 0 aliphatic rings. The summed E-state index contributed by atoms with van der Waals surface area (Å²) >= 11 is 3.18. The van der Waals surface area contributed by atoms with E-state index < -0.39 is 16.9 Å². The fourth-order valence-corrected chi connectivity index (χ4v) is 2.24. The average molecular weight is 331 g/mol. The Bertz CT molecular complexity index is 493. The molecule has 0 saturated heterocycles. The van der Waals surface area contributed by atoms with Crippen molar-refractivity contribution < 1.29 is 14.8 Å². The van der Waals surface area contributed by atoms with Crippen LogP contribution >= 0.6 is 15.9 Å². The van der Waals surface area contributed by atoms with E-state index in [-0.39, 0.29) is 12.2 Å². The van der Waals surface area contributed by atoms with Crippen LogP contribution in [0, 0.1) is 10.1 Å². The molecule has 1 aromatic carbocycles. The van der Waals surface area contributed by atoms with Gasteiger partial charge < -0.3 is 5.11 Å². The summed E-state index contributed by atoms with van der Waals surface area (Å²) in [7, 11) is 1.65. The first-order valence-corrected chi connectivity index (χ1v) is 6.52. The van der Waals surface area contributed by atoms with Crippen LogP contribution in [0.5, 0.6) is 0 Å². The Labute approximate surface area is 119 Å². The molecule has 0 radical (unpaired) electrons. The van der Waals surface area contributed by atoms with Gasteiger partial charge in [-0.1, -0.05) is 22.9 Å². The van der Waals surface area contributed by atoms with Gasteiger partial charge in [-0.15, -0.1) is 0 Å². The number of halogens is 1. The first-order chi connectivity index (χ1) is 8.86. The maximum atomic E-state index is 11.1. The Morgan fingerprint density at radius 2 is 2.21 bits per heavy atom. The van der Waals surface area contributed by atoms with Crippen molar-refractivity contribution in [2.24, 2.45) is 0 Å². The number of carboxylic acids is 1. The first kappa shape index (κ1) is 15.6. The summed E-state index contributed by atoms with van der Waals surface area (Å²) in [5.41, 5.74) is 0.483. The van der Waals surface area contributed by atoms with Crippen LogP contribution in [0.25, 0.3) is 0 Å². The minimum atomic E-state index is -0.926. The van der Waals surface area contributed by atoms with Gasteiger partial charge in [0.05, 0.1) is 4.92 Å². The second-order valence-corrected chi connectivity index (χ2v) is 5.12. The smallest absolute Gasteiger partial charge is 0.320 e. The van der Waals surface area contributed by atoms with E-state index in [0.717, 1.165) is 0 Å². The normalized spacial score (nSPS) is 12.4. The van der Waals surface area contributed by atoms with Crippen LogP contribution in [0.4, 0.5) is 5.69 Å². The quantitative estimate of drug-likeness (QED) is 0.640. The van der Waals surface area contributed by atoms with Gasteiger partial charge in [-0.05, 0) is 25.6 Å². The number of carbonyl (C=O) groups is 1. The molecule has 0 heterocycles. The van der Waals surface area contributed by atoms with Crippen LogP contribution in [-0.2, 0) is 11.3 Å². The maximum Gasteiger partial charge on any atom is 0.320 e. The lowest BCUT2D eigenvalue weighted by atomic mass is 10.1. The fourth-order valence-electron chi connectivity index (χ4n) is 1.89. The maximum absolute atomic E-state index is 11.1. The van der Waals surface area contributed by atoms with Gasteiger partial charge in [0.25, 0.3) is 5.69 Å². The van der Waals surface area contributed by atoms with E-state index in [9.17, 15) is 14.9 Å². The molecule has 0 saturated carbocycles. The summed E-state index contributed by atoms with van der Waals surface area (Å²) in [4.78, 5) is 23.2. The Kier molecular flexibility index (Phi) is 5.44. The van der Waals surface area contributed by atoms with Crippen molar-refractivity contribution in [3.63, 3.8) is 0 Å². The lowest BCUT2D eigenvalue weighted by Gasteiger charge is -2.23. The minimum Gasteiger partial charge on any atom is -0.480 e. The van der Waals surface area contributed by atoms with Crippen LogP contribution < -0.4 is 0 Å². The van der Waals surface area contributed by atoms with Crippen LogP contribution in [0.3, 0.4) is 0 Å². The SMILES string of the molecule is CCC(C(=O)O)N(C)Cc1ccc(Br)cc1[N+](=O)[O-]. The molecule has 1 atom stereocenters. The van der Waals surface area contributed by atoms with E-state index in [1.54, 1.807) is 31.0 Å². The number of nitro groups is 1. The third-order valence-electron chi connectivity index (χ3n) is 2.87. The Morgan fingerprint density at radius 3 is 2.68 bits per heavy atom. The van der Waals surface area contributed by atoms with Gasteiger partial charge in [0.2, 0.25) is 0 Å². The van der Waals surface area contributed by atoms with E-state index in [1.165, 1.54) is 6.07 Å². The molecular weight excluding hydrogens is 316 g/mol. The van der Waals surface area contributed by atoms with E-state index in [4.69, 9.17) is 5.11 Å². The van der Waals surface area contributed by atoms with Crippen LogP contribution in [0.15, 0.2) is 22.7 Å². The largest absolute Gasteiger partial charge is 0.480 e. The Hall–Kier alpha value is -1.47. The zero-order valence-electron chi connectivity index (χ0n) is 10.7. The van der Waals surface area contributed by atoms with Crippen LogP contribution in [-0.4, -0.2) is 34.0 Å². The van der Waals surface area contributed by atoms with Crippen molar-refractivity contribution in [1.82, 2.24) is 4.90 Å². The third-order valence-corrected chi connectivity index (χ3v) is 3.36. The van der Waals surface area contributed by atoms with Crippen LogP contribution in [0.2, 0.25) is 0 Å². The molecule has 19 heavy (non-hydrogen) atoms. The summed E-state index contributed by atoms with van der Waals surface area (Å²) in [6.45, 7) is 1.99. The van der Waals surface area contributed by atoms with Crippen molar-refractivity contribution >= 4 is 27.6 Å². The van der Waals surface area contributed by atoms with E-state index in [2.05, 4.69) is 15.9 Å². The van der Waals surface area contributed by atoms with Crippen molar-refractivity contribution in [3.05, 3.63) is 38.3 Å². The molecule has 0 aliphatic carbocycles. The third kappa shape index (κ3) is 4.00. The van der Waals surface area contributed by atoms with Gasteiger partial charge in [-0.25, -0.2) is 0 Å². The predicted molar refractivity (Wildman–Crippen MR) is 74.0 cm³/mol. The van der Waals surface area contributed by atoms with E-state index >= 15 is 0 Å². The second kappa shape index (κ2) is 6.63. The van der Waals surface area contributed by atoms with Crippen molar-refractivity contribution in [1.29, 1.82) is 0 Å². The molecule has 1 unspecified atom stereocenters. The minimum absolute atomic E-state index is 0.0125. The summed E-state index contributed by atoms with van der Waals surface area (Å²) in [6, 6.07) is 4.11. The molecule has 7 heteroatoms. The van der Waals surface area contributed by atoms with Gasteiger partial charge in [-0.3, -0.25) is 19.8 Å². The Balaban J connectivity index is 2.99.